The number of hydrogen-bond donors (Lipinski definition) is 2. The van der Waals surface area contributed by atoms with Crippen molar-refractivity contribution in [2.75, 3.05) is 0 Å². The Hall–Kier alpha value is -4.02. The molecule has 0 saturated heterocycles. The summed E-state index contributed by atoms with van der Waals surface area (Å²) in [6.07, 6.45) is 3.17. The number of carbonyl (C=O) groups is 2. The number of esters is 1. The van der Waals surface area contributed by atoms with Crippen molar-refractivity contribution in [3.8, 4) is 0 Å². The van der Waals surface area contributed by atoms with Gasteiger partial charge in [-0.2, -0.15) is 0 Å². The molecule has 3 aromatic carbocycles. The summed E-state index contributed by atoms with van der Waals surface area (Å²) in [4.78, 5) is 22.1. The maximum atomic E-state index is 13.1. The first-order chi connectivity index (χ1) is 20.2. The summed E-state index contributed by atoms with van der Waals surface area (Å²) in [6, 6.07) is 22.0. The van der Waals surface area contributed by atoms with Gasteiger partial charge in [-0.25, -0.2) is 17.5 Å². The van der Waals surface area contributed by atoms with Crippen LogP contribution in [0.3, 0.4) is 0 Å². The first-order valence-corrected chi connectivity index (χ1v) is 15.4. The summed E-state index contributed by atoms with van der Waals surface area (Å²) >= 11 is 0. The van der Waals surface area contributed by atoms with Gasteiger partial charge in [-0.3, -0.25) is 9.59 Å². The van der Waals surface area contributed by atoms with Crippen LogP contribution in [-0.2, 0) is 50.3 Å². The molecule has 1 atom stereocenters. The number of carbonyl (C=O) groups excluding carboxylic acids is 1. The smallest absolute Gasteiger partial charge is 0.306 e. The van der Waals surface area contributed by atoms with Crippen LogP contribution in [0, 0.1) is 5.82 Å². The number of aliphatic carboxylic acids is 1. The number of halogens is 1. The highest BCUT2D eigenvalue weighted by Gasteiger charge is 2.28. The zero-order chi connectivity index (χ0) is 30.1. The average molecular weight is 595 g/mol. The highest BCUT2D eigenvalue weighted by molar-refractivity contribution is 7.89. The van der Waals surface area contributed by atoms with E-state index in [1.807, 2.05) is 66.1 Å². The number of fused-ring (bicyclic) bond motifs is 3. The largest absolute Gasteiger partial charge is 0.481 e. The maximum absolute atomic E-state index is 13.1. The van der Waals surface area contributed by atoms with Gasteiger partial charge < -0.3 is 14.4 Å². The molecule has 1 heterocycles. The fraction of sp³-hybridized carbons (Fsp3) is 0.312. The molecule has 0 bridgehead atoms. The summed E-state index contributed by atoms with van der Waals surface area (Å²) in [5, 5.41) is 10.1. The van der Waals surface area contributed by atoms with Gasteiger partial charge in [0.1, 0.15) is 12.4 Å². The third kappa shape index (κ3) is 8.04. The van der Waals surface area contributed by atoms with Crippen molar-refractivity contribution in [1.82, 2.24) is 9.29 Å². The highest BCUT2D eigenvalue weighted by atomic mass is 32.2. The summed E-state index contributed by atoms with van der Waals surface area (Å²) in [5.74, 6) is -1.45. The molecule has 0 spiro atoms. The van der Waals surface area contributed by atoms with Crippen molar-refractivity contribution < 1.29 is 32.2 Å². The van der Waals surface area contributed by atoms with Crippen LogP contribution >= 0.6 is 0 Å². The van der Waals surface area contributed by atoms with E-state index in [4.69, 9.17) is 9.84 Å². The number of nitrogens with zero attached hydrogens (tertiary/aromatic N) is 1. The number of ether oxygens (including phenoxy) is 1. The molecule has 0 saturated carbocycles. The molecule has 0 radical (unpaired) electrons. The molecule has 2 N–H and O–H groups in total. The first kappa shape index (κ1) is 30.9. The van der Waals surface area contributed by atoms with Crippen molar-refractivity contribution in [3.05, 3.63) is 102 Å². The van der Waals surface area contributed by atoms with E-state index in [-0.39, 0.29) is 23.3 Å². The molecular formula is C32H35FN2O6S. The molecule has 4 aromatic rings. The zero-order valence-corrected chi connectivity index (χ0v) is 24.3. The third-order valence-corrected chi connectivity index (χ3v) is 8.60. The van der Waals surface area contributed by atoms with Crippen molar-refractivity contribution in [3.63, 3.8) is 0 Å². The topological polar surface area (TPSA) is 115 Å². The van der Waals surface area contributed by atoms with Crippen LogP contribution in [0.5, 0.6) is 0 Å². The lowest BCUT2D eigenvalue weighted by Crippen LogP contribution is -2.39. The fourth-order valence-corrected chi connectivity index (χ4v) is 6.35. The van der Waals surface area contributed by atoms with E-state index in [1.165, 1.54) is 12.1 Å². The van der Waals surface area contributed by atoms with E-state index in [1.54, 1.807) is 0 Å². The Morgan fingerprint density at radius 3 is 2.38 bits per heavy atom. The number of carboxylic acids is 1. The van der Waals surface area contributed by atoms with E-state index < -0.39 is 21.8 Å². The third-order valence-electron chi connectivity index (χ3n) is 7.07. The lowest BCUT2D eigenvalue weighted by atomic mass is 9.92. The van der Waals surface area contributed by atoms with Crippen molar-refractivity contribution in [1.29, 1.82) is 0 Å². The van der Waals surface area contributed by atoms with Crippen molar-refractivity contribution in [2.24, 2.45) is 0 Å². The second-order valence-corrected chi connectivity index (χ2v) is 11.9. The van der Waals surface area contributed by atoms with Gasteiger partial charge in [-0.15, -0.1) is 0 Å². The Kier molecular flexibility index (Phi) is 10.5. The van der Waals surface area contributed by atoms with Crippen molar-refractivity contribution >= 4 is 32.9 Å². The van der Waals surface area contributed by atoms with Gasteiger partial charge >= 0.3 is 11.9 Å². The molecule has 1 aliphatic rings. The lowest BCUT2D eigenvalue weighted by Gasteiger charge is -2.25. The van der Waals surface area contributed by atoms with Crippen LogP contribution in [-0.4, -0.2) is 36.1 Å². The van der Waals surface area contributed by atoms with E-state index in [9.17, 15) is 22.4 Å². The molecule has 222 valence electrons. The molecule has 0 fully saturated rings. The number of aryl methyl sites for hydroxylation is 1. The Balaban J connectivity index is 0.000000262. The van der Waals surface area contributed by atoms with E-state index in [0.29, 0.717) is 38.8 Å². The first-order valence-electron chi connectivity index (χ1n) is 14.0. The predicted octanol–water partition coefficient (Wildman–Crippen LogP) is 5.62. The normalized spacial score (nSPS) is 14.5. The number of aromatic nitrogens is 1. The summed E-state index contributed by atoms with van der Waals surface area (Å²) in [7, 11) is -3.75. The molecule has 1 aliphatic carbocycles. The van der Waals surface area contributed by atoms with Gasteiger partial charge in [-0.1, -0.05) is 55.5 Å². The molecule has 0 amide bonds. The number of para-hydroxylation sites is 1. The number of hydrogen-bond acceptors (Lipinski definition) is 5. The van der Waals surface area contributed by atoms with Crippen LogP contribution < -0.4 is 4.72 Å². The van der Waals surface area contributed by atoms with Gasteiger partial charge in [0, 0.05) is 35.6 Å². The molecule has 8 nitrogen and oxygen atoms in total. The minimum absolute atomic E-state index is 0.0335. The number of rotatable bonds is 10. The van der Waals surface area contributed by atoms with Gasteiger partial charge in [0.2, 0.25) is 10.0 Å². The molecule has 0 unspecified atom stereocenters. The standard InChI is InChI=1S/C21H21FN2O4S.C11H14O2/c22-14-5-8-16(9-6-14)29(27,28)23-15-7-10-20-18(13-15)17-3-1-2-4-19(17)24(20)12-11-21(25)26;1-2-6-11(12)13-9-10-7-4-3-5-8-10/h1-6,8-9,15,23H,7,10-13H2,(H,25,26);3-5,7-8H,2,6,9H2,1H3/t15-;/m1./s1. The molecule has 1 aromatic heterocycles. The van der Waals surface area contributed by atoms with Crippen molar-refractivity contribution in [2.45, 2.75) is 69.5 Å². The van der Waals surface area contributed by atoms with Crippen LogP contribution in [0.15, 0.2) is 83.8 Å². The SMILES string of the molecule is CCCC(=O)OCc1ccccc1.O=C(O)CCn1c2c(c3ccccc31)C[C@H](NS(=O)(=O)c1ccc(F)cc1)CC2. The Labute approximate surface area is 245 Å². The number of sulfonamides is 1. The molecule has 42 heavy (non-hydrogen) atoms. The number of carboxylic acid groups (broad SMARTS) is 1. The van der Waals surface area contributed by atoms with Gasteiger partial charge in [-0.05, 0) is 67.1 Å². The van der Waals surface area contributed by atoms with Crippen LogP contribution in [0.1, 0.15) is 49.4 Å². The Morgan fingerprint density at radius 1 is 1.00 bits per heavy atom. The lowest BCUT2D eigenvalue weighted by molar-refractivity contribution is -0.145. The predicted molar refractivity (Wildman–Crippen MR) is 158 cm³/mol. The zero-order valence-electron chi connectivity index (χ0n) is 23.5. The highest BCUT2D eigenvalue weighted by Crippen LogP contribution is 2.33. The summed E-state index contributed by atoms with van der Waals surface area (Å²) in [6.45, 7) is 2.74. The van der Waals surface area contributed by atoms with Crippen LogP contribution in [0.25, 0.3) is 10.9 Å². The number of nitrogens with one attached hydrogen (secondary N) is 1. The maximum Gasteiger partial charge on any atom is 0.306 e. The van der Waals surface area contributed by atoms with Crippen LogP contribution in [0.2, 0.25) is 0 Å². The fourth-order valence-electron chi connectivity index (χ4n) is 5.08. The van der Waals surface area contributed by atoms with Gasteiger partial charge in [0.15, 0.2) is 0 Å². The number of benzene rings is 3. The molecule has 5 rings (SSSR count). The minimum atomic E-state index is -3.75. The second-order valence-electron chi connectivity index (χ2n) is 10.1. The summed E-state index contributed by atoms with van der Waals surface area (Å²) < 4.78 is 48.3. The average Bonchev–Trinajstić information content (AvgIpc) is 3.29. The van der Waals surface area contributed by atoms with Crippen LogP contribution in [0.4, 0.5) is 4.39 Å². The quantitative estimate of drug-likeness (QED) is 0.230. The van der Waals surface area contributed by atoms with E-state index in [0.717, 1.165) is 46.3 Å². The summed E-state index contributed by atoms with van der Waals surface area (Å²) in [5.41, 5.74) is 4.14. The van der Waals surface area contributed by atoms with E-state index in [2.05, 4.69) is 4.72 Å². The van der Waals surface area contributed by atoms with Gasteiger partial charge in [0.25, 0.3) is 0 Å². The minimum Gasteiger partial charge on any atom is -0.481 e. The molecule has 0 aliphatic heterocycles. The monoisotopic (exact) mass is 594 g/mol. The Bertz CT molecular complexity index is 1620. The van der Waals surface area contributed by atoms with Gasteiger partial charge in [0.05, 0.1) is 11.3 Å². The Morgan fingerprint density at radius 2 is 1.69 bits per heavy atom. The molecular weight excluding hydrogens is 559 g/mol. The van der Waals surface area contributed by atoms with E-state index >= 15 is 0 Å². The molecule has 10 heteroatoms. The second kappa shape index (κ2) is 14.2.